The van der Waals surface area contributed by atoms with Gasteiger partial charge in [-0.05, 0) is 45.7 Å². The first-order valence-electron chi connectivity index (χ1n) is 6.02. The van der Waals surface area contributed by atoms with Crippen molar-refractivity contribution in [2.45, 2.75) is 32.7 Å². The van der Waals surface area contributed by atoms with Gasteiger partial charge >= 0.3 is 0 Å². The van der Waals surface area contributed by atoms with Crippen LogP contribution in [0.2, 0.25) is 0 Å². The molecule has 0 aliphatic carbocycles. The molecule has 15 heavy (non-hydrogen) atoms. The first-order chi connectivity index (χ1) is 7.19. The Morgan fingerprint density at radius 3 is 2.33 bits per heavy atom. The number of hydrogen-bond donors (Lipinski definition) is 1. The predicted molar refractivity (Wildman–Crippen MR) is 61.9 cm³/mol. The van der Waals surface area contributed by atoms with Gasteiger partial charge in [-0.1, -0.05) is 0 Å². The molecule has 1 aliphatic rings. The Balaban J connectivity index is 2.35. The molecule has 0 bridgehead atoms. The summed E-state index contributed by atoms with van der Waals surface area (Å²) in [6.45, 7) is 7.80. The number of piperidine rings is 1. The van der Waals surface area contributed by atoms with Gasteiger partial charge in [0.1, 0.15) is 0 Å². The summed E-state index contributed by atoms with van der Waals surface area (Å²) in [5.74, 6) is 0.981. The molecule has 1 heterocycles. The molecule has 1 aliphatic heterocycles. The third-order valence-corrected chi connectivity index (χ3v) is 3.59. The van der Waals surface area contributed by atoms with Gasteiger partial charge in [0.25, 0.3) is 0 Å². The first-order valence-corrected chi connectivity index (χ1v) is 6.02. The highest BCUT2D eigenvalue weighted by atomic mass is 16.5. The van der Waals surface area contributed by atoms with E-state index >= 15 is 0 Å². The summed E-state index contributed by atoms with van der Waals surface area (Å²) in [5.41, 5.74) is 0. The summed E-state index contributed by atoms with van der Waals surface area (Å²) >= 11 is 0. The molecule has 0 aromatic heterocycles. The van der Waals surface area contributed by atoms with E-state index in [2.05, 4.69) is 18.7 Å². The van der Waals surface area contributed by atoms with E-state index in [4.69, 9.17) is 4.74 Å². The van der Waals surface area contributed by atoms with Crippen molar-refractivity contribution in [3.63, 3.8) is 0 Å². The minimum absolute atomic E-state index is 0.264. The Bertz CT molecular complexity index is 165. The van der Waals surface area contributed by atoms with Crippen LogP contribution in [0.4, 0.5) is 0 Å². The fraction of sp³-hybridized carbons (Fsp3) is 1.00. The molecule has 0 aromatic rings. The van der Waals surface area contributed by atoms with Crippen LogP contribution in [0.15, 0.2) is 0 Å². The van der Waals surface area contributed by atoms with Crippen molar-refractivity contribution >= 4 is 0 Å². The molecule has 1 N–H and O–H groups in total. The van der Waals surface area contributed by atoms with Crippen LogP contribution < -0.4 is 0 Å². The first kappa shape index (κ1) is 12.9. The lowest BCUT2D eigenvalue weighted by Gasteiger charge is -2.37. The molecule has 1 saturated heterocycles. The lowest BCUT2D eigenvalue weighted by Crippen LogP contribution is -2.41. The van der Waals surface area contributed by atoms with Crippen molar-refractivity contribution in [2.24, 2.45) is 11.8 Å². The van der Waals surface area contributed by atoms with Crippen LogP contribution in [0.5, 0.6) is 0 Å². The summed E-state index contributed by atoms with van der Waals surface area (Å²) in [4.78, 5) is 2.51. The Morgan fingerprint density at radius 1 is 1.33 bits per heavy atom. The van der Waals surface area contributed by atoms with E-state index in [0.29, 0.717) is 24.5 Å². The second-order valence-electron chi connectivity index (χ2n) is 4.87. The van der Waals surface area contributed by atoms with Crippen molar-refractivity contribution < 1.29 is 9.84 Å². The SMILES string of the molecule is COCC(CO)C1CCN(C(C)C)CC1. The number of likely N-dealkylation sites (tertiary alicyclic amines) is 1. The zero-order chi connectivity index (χ0) is 11.3. The van der Waals surface area contributed by atoms with Crippen molar-refractivity contribution in [1.29, 1.82) is 0 Å². The Labute approximate surface area is 93.4 Å². The quantitative estimate of drug-likeness (QED) is 0.751. The van der Waals surface area contributed by atoms with E-state index in [1.165, 1.54) is 25.9 Å². The van der Waals surface area contributed by atoms with Gasteiger partial charge < -0.3 is 14.7 Å². The van der Waals surface area contributed by atoms with Crippen LogP contribution in [0.25, 0.3) is 0 Å². The molecule has 3 heteroatoms. The fourth-order valence-electron chi connectivity index (χ4n) is 2.46. The van der Waals surface area contributed by atoms with E-state index in [-0.39, 0.29) is 6.61 Å². The average molecular weight is 215 g/mol. The minimum atomic E-state index is 0.264. The number of aliphatic hydroxyl groups excluding tert-OH is 1. The molecule has 0 spiro atoms. The summed E-state index contributed by atoms with van der Waals surface area (Å²) in [6, 6.07) is 0.654. The average Bonchev–Trinajstić information content (AvgIpc) is 2.26. The highest BCUT2D eigenvalue weighted by molar-refractivity contribution is 4.78. The molecule has 1 unspecified atom stereocenters. The predicted octanol–water partition coefficient (Wildman–Crippen LogP) is 1.36. The number of nitrogens with zero attached hydrogens (tertiary/aromatic N) is 1. The monoisotopic (exact) mass is 215 g/mol. The molecule has 90 valence electrons. The van der Waals surface area contributed by atoms with Crippen LogP contribution in [-0.2, 0) is 4.74 Å². The lowest BCUT2D eigenvalue weighted by atomic mass is 9.85. The number of aliphatic hydroxyl groups is 1. The van der Waals surface area contributed by atoms with Crippen LogP contribution in [0, 0.1) is 11.8 Å². The maximum absolute atomic E-state index is 9.29. The molecular weight excluding hydrogens is 190 g/mol. The second-order valence-corrected chi connectivity index (χ2v) is 4.87. The number of ether oxygens (including phenoxy) is 1. The maximum Gasteiger partial charge on any atom is 0.0515 e. The van der Waals surface area contributed by atoms with E-state index < -0.39 is 0 Å². The highest BCUT2D eigenvalue weighted by Gasteiger charge is 2.26. The van der Waals surface area contributed by atoms with Gasteiger partial charge in [0.2, 0.25) is 0 Å². The van der Waals surface area contributed by atoms with E-state index in [1.807, 2.05) is 0 Å². The van der Waals surface area contributed by atoms with Gasteiger partial charge in [0.05, 0.1) is 6.61 Å². The van der Waals surface area contributed by atoms with Crippen LogP contribution in [0.1, 0.15) is 26.7 Å². The Kier molecular flexibility index (Phi) is 5.58. The summed E-state index contributed by atoms with van der Waals surface area (Å²) in [7, 11) is 1.71. The molecular formula is C12H25NO2. The van der Waals surface area contributed by atoms with Crippen LogP contribution in [0.3, 0.4) is 0 Å². The highest BCUT2D eigenvalue weighted by Crippen LogP contribution is 2.26. The number of rotatable bonds is 5. The molecule has 0 aromatic carbocycles. The van der Waals surface area contributed by atoms with Crippen molar-refractivity contribution in [1.82, 2.24) is 4.90 Å². The standard InChI is InChI=1S/C12H25NO2/c1-10(2)13-6-4-11(5-7-13)12(8-14)9-15-3/h10-12,14H,4-9H2,1-3H3. The van der Waals surface area contributed by atoms with Crippen molar-refractivity contribution in [3.05, 3.63) is 0 Å². The van der Waals surface area contributed by atoms with Gasteiger partial charge in [-0.3, -0.25) is 0 Å². The third kappa shape index (κ3) is 3.74. The van der Waals surface area contributed by atoms with E-state index in [0.717, 1.165) is 0 Å². The van der Waals surface area contributed by atoms with Gasteiger partial charge in [0.15, 0.2) is 0 Å². The van der Waals surface area contributed by atoms with Gasteiger partial charge in [0, 0.05) is 25.7 Å². The molecule has 0 radical (unpaired) electrons. The smallest absolute Gasteiger partial charge is 0.0515 e. The van der Waals surface area contributed by atoms with Gasteiger partial charge in [-0.2, -0.15) is 0 Å². The molecule has 3 nitrogen and oxygen atoms in total. The molecule has 1 atom stereocenters. The second kappa shape index (κ2) is 6.46. The van der Waals surface area contributed by atoms with Gasteiger partial charge in [-0.25, -0.2) is 0 Å². The van der Waals surface area contributed by atoms with E-state index in [1.54, 1.807) is 7.11 Å². The summed E-state index contributed by atoms with van der Waals surface area (Å²) in [5, 5.41) is 9.29. The van der Waals surface area contributed by atoms with Crippen LogP contribution in [-0.4, -0.2) is 49.5 Å². The largest absolute Gasteiger partial charge is 0.396 e. The van der Waals surface area contributed by atoms with Crippen LogP contribution >= 0.6 is 0 Å². The van der Waals surface area contributed by atoms with Crippen molar-refractivity contribution in [2.75, 3.05) is 33.4 Å². The molecule has 1 rings (SSSR count). The van der Waals surface area contributed by atoms with E-state index in [9.17, 15) is 5.11 Å². The summed E-state index contributed by atoms with van der Waals surface area (Å²) in [6.07, 6.45) is 2.40. The molecule has 1 fully saturated rings. The summed E-state index contributed by atoms with van der Waals surface area (Å²) < 4.78 is 5.15. The number of hydrogen-bond acceptors (Lipinski definition) is 3. The lowest BCUT2D eigenvalue weighted by molar-refractivity contribution is 0.0413. The normalized spacial score (nSPS) is 22.2. The number of methoxy groups -OCH3 is 1. The zero-order valence-electron chi connectivity index (χ0n) is 10.3. The topological polar surface area (TPSA) is 32.7 Å². The minimum Gasteiger partial charge on any atom is -0.396 e. The van der Waals surface area contributed by atoms with Crippen molar-refractivity contribution in [3.8, 4) is 0 Å². The van der Waals surface area contributed by atoms with Gasteiger partial charge in [-0.15, -0.1) is 0 Å². The maximum atomic E-state index is 9.29. The Hall–Kier alpha value is -0.120. The molecule has 0 saturated carbocycles. The Morgan fingerprint density at radius 2 is 1.93 bits per heavy atom. The zero-order valence-corrected chi connectivity index (χ0v) is 10.3. The third-order valence-electron chi connectivity index (χ3n) is 3.59. The molecule has 0 amide bonds. The fourth-order valence-corrected chi connectivity index (χ4v) is 2.46.